The molecule has 1 aliphatic heterocycles. The highest BCUT2D eigenvalue weighted by Crippen LogP contribution is 2.42. The number of hydrogen-bond donors (Lipinski definition) is 2. The zero-order valence-corrected chi connectivity index (χ0v) is 7.15. The van der Waals surface area contributed by atoms with Gasteiger partial charge in [-0.3, -0.25) is 0 Å². The van der Waals surface area contributed by atoms with Gasteiger partial charge in [-0.2, -0.15) is 0 Å². The van der Waals surface area contributed by atoms with Gasteiger partial charge in [0.1, 0.15) is 0 Å². The lowest BCUT2D eigenvalue weighted by atomic mass is 10.3. The molecule has 1 aromatic carbocycles. The van der Waals surface area contributed by atoms with Gasteiger partial charge < -0.3 is 14.2 Å². The van der Waals surface area contributed by atoms with E-state index in [1.807, 2.05) is 0 Å². The van der Waals surface area contributed by atoms with Crippen LogP contribution in [0.2, 0.25) is 0 Å². The summed E-state index contributed by atoms with van der Waals surface area (Å²) in [6.07, 6.45) is -3.56. The number of alkyl halides is 2. The number of nitrogens with one attached hydrogen (secondary N) is 1. The van der Waals surface area contributed by atoms with Crippen LogP contribution in [0.25, 0.3) is 0 Å². The summed E-state index contributed by atoms with van der Waals surface area (Å²) < 4.78 is 35.9. The molecular weight excluding hydrogens is 200 g/mol. The van der Waals surface area contributed by atoms with Crippen LogP contribution in [0.5, 0.6) is 11.5 Å². The van der Waals surface area contributed by atoms with Gasteiger partial charge in [0, 0.05) is 11.8 Å². The average molecular weight is 205 g/mol. The molecule has 1 aromatic rings. The summed E-state index contributed by atoms with van der Waals surface area (Å²) in [5.41, 5.74) is 0.559. The molecule has 0 atom stereocenters. The van der Waals surface area contributed by atoms with Crippen LogP contribution in [0.4, 0.5) is 14.5 Å². The van der Waals surface area contributed by atoms with Crippen molar-refractivity contribution in [2.24, 2.45) is 0 Å². The third kappa shape index (κ3) is 1.49. The number of anilines is 1. The van der Waals surface area contributed by atoms with Crippen molar-refractivity contribution in [1.29, 1.82) is 0 Å². The first kappa shape index (κ1) is 8.43. The molecule has 6 heteroatoms. The quantitative estimate of drug-likeness (QED) is 0.689. The highest BCUT2D eigenvalue weighted by atomic mass is 32.1. The Morgan fingerprint density at radius 3 is 2.62 bits per heavy atom. The minimum absolute atomic E-state index is 0.00375. The summed E-state index contributed by atoms with van der Waals surface area (Å²) in [6, 6.07) is 4.31. The van der Waals surface area contributed by atoms with E-state index in [1.54, 1.807) is 6.07 Å². The minimum Gasteiger partial charge on any atom is -0.395 e. The SMILES string of the molecule is FC1(F)Oc2ccc(NS)cc2O1. The number of rotatable bonds is 1. The fourth-order valence-corrected chi connectivity index (χ4v) is 1.16. The van der Waals surface area contributed by atoms with Gasteiger partial charge in [-0.15, -0.1) is 8.78 Å². The normalized spacial score (nSPS) is 17.2. The smallest absolute Gasteiger partial charge is 0.395 e. The summed E-state index contributed by atoms with van der Waals surface area (Å²) >= 11 is 3.76. The maximum absolute atomic E-state index is 12.5. The number of benzene rings is 1. The molecule has 0 bridgehead atoms. The Hall–Kier alpha value is -1.17. The summed E-state index contributed by atoms with van der Waals surface area (Å²) in [7, 11) is 0. The third-order valence-corrected chi connectivity index (χ3v) is 1.79. The van der Waals surface area contributed by atoms with Gasteiger partial charge in [-0.05, 0) is 12.1 Å². The van der Waals surface area contributed by atoms with Crippen molar-refractivity contribution >= 4 is 18.5 Å². The second-order valence-electron chi connectivity index (χ2n) is 2.44. The molecule has 13 heavy (non-hydrogen) atoms. The molecule has 0 spiro atoms. The molecule has 1 heterocycles. The van der Waals surface area contributed by atoms with E-state index in [4.69, 9.17) is 0 Å². The predicted molar refractivity (Wildman–Crippen MR) is 45.3 cm³/mol. The Morgan fingerprint density at radius 2 is 1.92 bits per heavy atom. The van der Waals surface area contributed by atoms with Crippen LogP contribution in [0, 0.1) is 0 Å². The molecule has 0 aliphatic carbocycles. The van der Waals surface area contributed by atoms with Crippen molar-refractivity contribution in [3.05, 3.63) is 18.2 Å². The second kappa shape index (κ2) is 2.66. The number of halogens is 2. The standard InChI is InChI=1S/C7H5F2NO2S/c8-7(9)11-5-2-1-4(10-13)3-6(5)12-7/h1-3,10,13H. The maximum Gasteiger partial charge on any atom is 0.586 e. The average Bonchev–Trinajstić information content (AvgIpc) is 2.36. The molecular formula is C7H5F2NO2S. The van der Waals surface area contributed by atoms with E-state index < -0.39 is 6.29 Å². The maximum atomic E-state index is 12.5. The molecule has 0 amide bonds. The van der Waals surface area contributed by atoms with E-state index in [9.17, 15) is 8.78 Å². The third-order valence-electron chi connectivity index (χ3n) is 1.53. The molecule has 3 nitrogen and oxygen atoms in total. The Kier molecular flexibility index (Phi) is 1.73. The van der Waals surface area contributed by atoms with Crippen LogP contribution in [0.1, 0.15) is 0 Å². The van der Waals surface area contributed by atoms with E-state index in [2.05, 4.69) is 27.0 Å². The van der Waals surface area contributed by atoms with Gasteiger partial charge in [0.2, 0.25) is 0 Å². The van der Waals surface area contributed by atoms with Gasteiger partial charge in [-0.1, -0.05) is 12.8 Å². The molecule has 0 fully saturated rings. The molecule has 2 rings (SSSR count). The van der Waals surface area contributed by atoms with Crippen LogP contribution >= 0.6 is 12.8 Å². The Morgan fingerprint density at radius 1 is 1.23 bits per heavy atom. The van der Waals surface area contributed by atoms with Crippen molar-refractivity contribution in [1.82, 2.24) is 0 Å². The molecule has 0 radical (unpaired) electrons. The monoisotopic (exact) mass is 205 g/mol. The van der Waals surface area contributed by atoms with Gasteiger partial charge in [-0.25, -0.2) is 0 Å². The van der Waals surface area contributed by atoms with Crippen molar-refractivity contribution < 1.29 is 18.3 Å². The topological polar surface area (TPSA) is 30.5 Å². The molecule has 0 saturated heterocycles. The second-order valence-corrected chi connectivity index (χ2v) is 2.66. The van der Waals surface area contributed by atoms with E-state index in [0.717, 1.165) is 0 Å². The molecule has 70 valence electrons. The summed E-state index contributed by atoms with van der Waals surface area (Å²) in [5.74, 6) is 0.0291. The van der Waals surface area contributed by atoms with E-state index in [1.165, 1.54) is 12.1 Å². The zero-order chi connectivity index (χ0) is 9.47. The van der Waals surface area contributed by atoms with E-state index in [0.29, 0.717) is 5.69 Å². The summed E-state index contributed by atoms with van der Waals surface area (Å²) in [4.78, 5) is 0. The zero-order valence-electron chi connectivity index (χ0n) is 6.25. The van der Waals surface area contributed by atoms with Crippen LogP contribution < -0.4 is 14.2 Å². The van der Waals surface area contributed by atoms with Crippen LogP contribution in [0.15, 0.2) is 18.2 Å². The summed E-state index contributed by atoms with van der Waals surface area (Å²) in [5, 5.41) is 0. The highest BCUT2D eigenvalue weighted by molar-refractivity contribution is 7.81. The van der Waals surface area contributed by atoms with Crippen molar-refractivity contribution in [2.45, 2.75) is 6.29 Å². The van der Waals surface area contributed by atoms with E-state index >= 15 is 0 Å². The number of thiol groups is 1. The number of hydrogen-bond acceptors (Lipinski definition) is 4. The largest absolute Gasteiger partial charge is 0.586 e. The Labute approximate surface area is 78.2 Å². The number of fused-ring (bicyclic) bond motifs is 1. The predicted octanol–water partition coefficient (Wildman–Crippen LogP) is 2.26. The first-order valence-electron chi connectivity index (χ1n) is 3.41. The molecule has 1 N–H and O–H groups in total. The fourth-order valence-electron chi connectivity index (χ4n) is 1.02. The highest BCUT2D eigenvalue weighted by Gasteiger charge is 2.43. The van der Waals surface area contributed by atoms with Crippen LogP contribution in [-0.2, 0) is 0 Å². The van der Waals surface area contributed by atoms with Crippen molar-refractivity contribution in [2.75, 3.05) is 4.72 Å². The lowest BCUT2D eigenvalue weighted by Crippen LogP contribution is -2.25. The van der Waals surface area contributed by atoms with Gasteiger partial charge >= 0.3 is 6.29 Å². The van der Waals surface area contributed by atoms with Gasteiger partial charge in [0.05, 0.1) is 0 Å². The Balaban J connectivity index is 2.36. The van der Waals surface area contributed by atoms with Crippen LogP contribution in [-0.4, -0.2) is 6.29 Å². The molecule has 0 saturated carbocycles. The van der Waals surface area contributed by atoms with Crippen LogP contribution in [0.3, 0.4) is 0 Å². The molecule has 1 aliphatic rings. The minimum atomic E-state index is -3.56. The number of ether oxygens (including phenoxy) is 2. The van der Waals surface area contributed by atoms with Gasteiger partial charge in [0.25, 0.3) is 0 Å². The lowest BCUT2D eigenvalue weighted by molar-refractivity contribution is -0.286. The van der Waals surface area contributed by atoms with Crippen molar-refractivity contribution in [3.8, 4) is 11.5 Å². The summed E-state index contributed by atoms with van der Waals surface area (Å²) in [6.45, 7) is 0. The van der Waals surface area contributed by atoms with E-state index in [-0.39, 0.29) is 11.5 Å². The molecule has 0 unspecified atom stereocenters. The Bertz CT molecular complexity index is 345. The van der Waals surface area contributed by atoms with Gasteiger partial charge in [0.15, 0.2) is 11.5 Å². The molecule has 0 aromatic heterocycles. The first-order chi connectivity index (χ1) is 6.11. The van der Waals surface area contributed by atoms with Crippen molar-refractivity contribution in [3.63, 3.8) is 0 Å². The lowest BCUT2D eigenvalue weighted by Gasteiger charge is -2.04. The first-order valence-corrected chi connectivity index (χ1v) is 3.85. The fraction of sp³-hybridized carbons (Fsp3) is 0.143.